The van der Waals surface area contributed by atoms with Crippen LogP contribution in [0.2, 0.25) is 0 Å². The molecule has 0 aliphatic carbocycles. The number of rotatable bonds is 5. The Hall–Kier alpha value is -2.69. The minimum atomic E-state index is -0.250. The Morgan fingerprint density at radius 2 is 1.48 bits per heavy atom. The van der Waals surface area contributed by atoms with Gasteiger partial charge in [0.15, 0.2) is 11.5 Å². The molecule has 2 rings (SSSR count). The second-order valence-corrected chi connectivity index (χ2v) is 4.23. The van der Waals surface area contributed by atoms with Crippen molar-refractivity contribution in [3.05, 3.63) is 48.0 Å². The molecule has 5 heteroatoms. The molecule has 0 heterocycles. The fourth-order valence-electron chi connectivity index (χ4n) is 1.94. The molecule has 21 heavy (non-hydrogen) atoms. The van der Waals surface area contributed by atoms with Crippen LogP contribution in [0.15, 0.2) is 42.5 Å². The monoisotopic (exact) mass is 287 g/mol. The Balaban J connectivity index is 2.33. The van der Waals surface area contributed by atoms with Gasteiger partial charge in [-0.05, 0) is 24.3 Å². The van der Waals surface area contributed by atoms with Crippen molar-refractivity contribution in [3.8, 4) is 17.2 Å². The lowest BCUT2D eigenvalue weighted by Crippen LogP contribution is -2.12. The summed E-state index contributed by atoms with van der Waals surface area (Å²) in [6.45, 7) is 0. The molecule has 1 N–H and O–H groups in total. The zero-order valence-corrected chi connectivity index (χ0v) is 12.2. The standard InChI is InChI=1S/C16H17NO4/c1-19-13-9-11(10-14(20-2)15(13)21-3)16(18)17-12-7-5-4-6-8-12/h4-10H,1-3H3,(H,17,18). The average molecular weight is 287 g/mol. The van der Waals surface area contributed by atoms with E-state index in [2.05, 4.69) is 5.32 Å². The molecule has 1 amide bonds. The molecule has 2 aromatic carbocycles. The highest BCUT2D eigenvalue weighted by Crippen LogP contribution is 2.38. The molecular weight excluding hydrogens is 270 g/mol. The first-order valence-corrected chi connectivity index (χ1v) is 6.36. The minimum Gasteiger partial charge on any atom is -0.493 e. The maximum Gasteiger partial charge on any atom is 0.255 e. The van der Waals surface area contributed by atoms with Crippen LogP contribution in [-0.2, 0) is 0 Å². The van der Waals surface area contributed by atoms with Gasteiger partial charge in [-0.25, -0.2) is 0 Å². The normalized spacial score (nSPS) is 9.86. The Labute approximate surface area is 123 Å². The van der Waals surface area contributed by atoms with E-state index in [4.69, 9.17) is 14.2 Å². The molecule has 5 nitrogen and oxygen atoms in total. The molecule has 0 spiro atoms. The summed E-state index contributed by atoms with van der Waals surface area (Å²) in [6, 6.07) is 12.4. The van der Waals surface area contributed by atoms with Crippen molar-refractivity contribution in [3.63, 3.8) is 0 Å². The molecule has 0 unspecified atom stereocenters. The Morgan fingerprint density at radius 1 is 0.905 bits per heavy atom. The van der Waals surface area contributed by atoms with Crippen molar-refractivity contribution in [1.82, 2.24) is 0 Å². The van der Waals surface area contributed by atoms with Crippen LogP contribution in [0.5, 0.6) is 17.2 Å². The van der Waals surface area contributed by atoms with E-state index in [1.807, 2.05) is 30.3 Å². The van der Waals surface area contributed by atoms with E-state index in [-0.39, 0.29) is 5.91 Å². The summed E-state index contributed by atoms with van der Waals surface area (Å²) in [7, 11) is 4.54. The molecule has 0 bridgehead atoms. The molecule has 0 aliphatic heterocycles. The number of nitrogens with one attached hydrogen (secondary N) is 1. The zero-order valence-electron chi connectivity index (χ0n) is 12.2. The largest absolute Gasteiger partial charge is 0.493 e. The fraction of sp³-hybridized carbons (Fsp3) is 0.188. The lowest BCUT2D eigenvalue weighted by atomic mass is 10.1. The lowest BCUT2D eigenvalue weighted by Gasteiger charge is -2.14. The highest BCUT2D eigenvalue weighted by atomic mass is 16.5. The smallest absolute Gasteiger partial charge is 0.255 e. The number of carbonyl (C=O) groups excluding carboxylic acids is 1. The van der Waals surface area contributed by atoms with E-state index >= 15 is 0 Å². The Kier molecular flexibility index (Phi) is 4.66. The van der Waals surface area contributed by atoms with Gasteiger partial charge in [0, 0.05) is 11.3 Å². The van der Waals surface area contributed by atoms with Crippen molar-refractivity contribution < 1.29 is 19.0 Å². The van der Waals surface area contributed by atoms with Gasteiger partial charge in [0.05, 0.1) is 21.3 Å². The van der Waals surface area contributed by atoms with E-state index in [1.54, 1.807) is 12.1 Å². The van der Waals surface area contributed by atoms with Crippen LogP contribution in [0.1, 0.15) is 10.4 Å². The summed E-state index contributed by atoms with van der Waals surface area (Å²) >= 11 is 0. The van der Waals surface area contributed by atoms with E-state index in [0.717, 1.165) is 5.69 Å². The average Bonchev–Trinajstić information content (AvgIpc) is 2.54. The van der Waals surface area contributed by atoms with Crippen LogP contribution in [0.4, 0.5) is 5.69 Å². The van der Waals surface area contributed by atoms with Gasteiger partial charge >= 0.3 is 0 Å². The van der Waals surface area contributed by atoms with Gasteiger partial charge in [0.2, 0.25) is 5.75 Å². The van der Waals surface area contributed by atoms with Crippen LogP contribution in [0.25, 0.3) is 0 Å². The van der Waals surface area contributed by atoms with Gasteiger partial charge in [0.25, 0.3) is 5.91 Å². The third-order valence-electron chi connectivity index (χ3n) is 2.96. The molecule has 0 aromatic heterocycles. The molecule has 0 saturated heterocycles. The topological polar surface area (TPSA) is 56.8 Å². The summed E-state index contributed by atoms with van der Waals surface area (Å²) in [4.78, 5) is 12.3. The van der Waals surface area contributed by atoms with Crippen molar-refractivity contribution in [2.45, 2.75) is 0 Å². The molecule has 2 aromatic rings. The molecule has 0 fully saturated rings. The Morgan fingerprint density at radius 3 is 1.95 bits per heavy atom. The summed E-state index contributed by atoms with van der Waals surface area (Å²) in [5.74, 6) is 1.09. The first-order valence-electron chi connectivity index (χ1n) is 6.36. The summed E-state index contributed by atoms with van der Waals surface area (Å²) < 4.78 is 15.7. The van der Waals surface area contributed by atoms with Gasteiger partial charge in [0.1, 0.15) is 0 Å². The van der Waals surface area contributed by atoms with Gasteiger partial charge in [-0.1, -0.05) is 18.2 Å². The fourth-order valence-corrected chi connectivity index (χ4v) is 1.94. The maximum atomic E-state index is 12.3. The maximum absolute atomic E-state index is 12.3. The molecule has 0 saturated carbocycles. The number of benzene rings is 2. The van der Waals surface area contributed by atoms with Gasteiger partial charge in [-0.3, -0.25) is 4.79 Å². The lowest BCUT2D eigenvalue weighted by molar-refractivity contribution is 0.102. The predicted octanol–water partition coefficient (Wildman–Crippen LogP) is 2.96. The number of carbonyl (C=O) groups is 1. The summed E-state index contributed by atoms with van der Waals surface area (Å²) in [6.07, 6.45) is 0. The van der Waals surface area contributed by atoms with E-state index in [1.165, 1.54) is 21.3 Å². The van der Waals surface area contributed by atoms with Crippen LogP contribution in [0.3, 0.4) is 0 Å². The number of ether oxygens (including phenoxy) is 3. The minimum absolute atomic E-state index is 0.250. The zero-order chi connectivity index (χ0) is 15.2. The number of hydrogen-bond acceptors (Lipinski definition) is 4. The number of methoxy groups -OCH3 is 3. The van der Waals surface area contributed by atoms with E-state index in [0.29, 0.717) is 22.8 Å². The highest BCUT2D eigenvalue weighted by Gasteiger charge is 2.16. The third-order valence-corrected chi connectivity index (χ3v) is 2.96. The molecule has 110 valence electrons. The van der Waals surface area contributed by atoms with Crippen molar-refractivity contribution in [2.24, 2.45) is 0 Å². The molecular formula is C16H17NO4. The molecule has 0 atom stereocenters. The van der Waals surface area contributed by atoms with E-state index in [9.17, 15) is 4.79 Å². The van der Waals surface area contributed by atoms with Crippen LogP contribution < -0.4 is 19.5 Å². The highest BCUT2D eigenvalue weighted by molar-refractivity contribution is 6.05. The number of hydrogen-bond donors (Lipinski definition) is 1. The van der Waals surface area contributed by atoms with Crippen LogP contribution >= 0.6 is 0 Å². The number of anilines is 1. The first kappa shape index (κ1) is 14.7. The second kappa shape index (κ2) is 6.65. The quantitative estimate of drug-likeness (QED) is 0.918. The van der Waals surface area contributed by atoms with Crippen molar-refractivity contribution in [1.29, 1.82) is 0 Å². The van der Waals surface area contributed by atoms with Gasteiger partial charge < -0.3 is 19.5 Å². The van der Waals surface area contributed by atoms with Gasteiger partial charge in [-0.2, -0.15) is 0 Å². The van der Waals surface area contributed by atoms with E-state index < -0.39 is 0 Å². The van der Waals surface area contributed by atoms with Crippen molar-refractivity contribution in [2.75, 3.05) is 26.6 Å². The summed E-state index contributed by atoms with van der Waals surface area (Å²) in [5, 5.41) is 2.81. The molecule has 0 aliphatic rings. The van der Waals surface area contributed by atoms with Crippen LogP contribution in [0, 0.1) is 0 Å². The molecule has 0 radical (unpaired) electrons. The predicted molar refractivity (Wildman–Crippen MR) is 80.5 cm³/mol. The number of amides is 1. The third kappa shape index (κ3) is 3.25. The number of para-hydroxylation sites is 1. The van der Waals surface area contributed by atoms with Gasteiger partial charge in [-0.15, -0.1) is 0 Å². The Bertz CT molecular complexity index is 600. The second-order valence-electron chi connectivity index (χ2n) is 4.23. The van der Waals surface area contributed by atoms with Crippen molar-refractivity contribution >= 4 is 11.6 Å². The first-order chi connectivity index (χ1) is 10.2. The van der Waals surface area contributed by atoms with Crippen LogP contribution in [-0.4, -0.2) is 27.2 Å². The SMILES string of the molecule is COc1cc(C(=O)Nc2ccccc2)cc(OC)c1OC. The summed E-state index contributed by atoms with van der Waals surface area (Å²) in [5.41, 5.74) is 1.14.